The quantitative estimate of drug-likeness (QED) is 0.481. The van der Waals surface area contributed by atoms with Crippen molar-refractivity contribution in [1.29, 1.82) is 0 Å². The van der Waals surface area contributed by atoms with Gasteiger partial charge in [0.1, 0.15) is 18.1 Å². The minimum absolute atomic E-state index is 0.140. The van der Waals surface area contributed by atoms with Crippen molar-refractivity contribution in [3.8, 4) is 11.5 Å². The normalized spacial score (nSPS) is 11.9. The van der Waals surface area contributed by atoms with Crippen LogP contribution in [0.4, 0.5) is 0 Å². The Bertz CT molecular complexity index is 883. The molecule has 0 aliphatic carbocycles. The van der Waals surface area contributed by atoms with Gasteiger partial charge < -0.3 is 19.3 Å². The average Bonchev–Trinajstić information content (AvgIpc) is 2.69. The maximum Gasteiger partial charge on any atom is 0.347 e. The zero-order chi connectivity index (χ0) is 19.1. The molecule has 1 N–H and O–H groups in total. The molecule has 5 nitrogen and oxygen atoms in total. The van der Waals surface area contributed by atoms with E-state index >= 15 is 0 Å². The number of benzene rings is 3. The van der Waals surface area contributed by atoms with Crippen LogP contribution >= 0.6 is 0 Å². The van der Waals surface area contributed by atoms with Gasteiger partial charge in [-0.1, -0.05) is 42.5 Å². The first-order chi connectivity index (χ1) is 13.1. The molecule has 140 valence electrons. The van der Waals surface area contributed by atoms with Gasteiger partial charge in [0.2, 0.25) is 0 Å². The summed E-state index contributed by atoms with van der Waals surface area (Å²) in [4.78, 5) is 12.0. The number of phenols is 1. The lowest BCUT2D eigenvalue weighted by atomic mass is 10.1. The molecule has 0 aliphatic heterocycles. The molecule has 27 heavy (non-hydrogen) atoms. The molecule has 5 heteroatoms. The molecular weight excluding hydrogens is 344 g/mol. The molecule has 0 aromatic heterocycles. The summed E-state index contributed by atoms with van der Waals surface area (Å²) in [5, 5.41) is 11.6. The number of ether oxygens (including phenoxy) is 3. The van der Waals surface area contributed by atoms with Gasteiger partial charge in [0.15, 0.2) is 6.10 Å². The van der Waals surface area contributed by atoms with Crippen LogP contribution in [-0.2, 0) is 20.9 Å². The Kier molecular flexibility index (Phi) is 6.28. The highest BCUT2D eigenvalue weighted by atomic mass is 16.6. The summed E-state index contributed by atoms with van der Waals surface area (Å²) in [7, 11) is 0. The lowest BCUT2D eigenvalue weighted by Gasteiger charge is -2.14. The largest absolute Gasteiger partial charge is 0.508 e. The smallest absolute Gasteiger partial charge is 0.347 e. The van der Waals surface area contributed by atoms with Gasteiger partial charge in [-0.05, 0) is 47.5 Å². The van der Waals surface area contributed by atoms with Crippen LogP contribution in [0.25, 0.3) is 10.8 Å². The first-order valence-electron chi connectivity index (χ1n) is 8.80. The lowest BCUT2D eigenvalue weighted by Crippen LogP contribution is -2.27. The number of hydrogen-bond donors (Lipinski definition) is 1. The van der Waals surface area contributed by atoms with Crippen molar-refractivity contribution in [3.05, 3.63) is 72.3 Å². The van der Waals surface area contributed by atoms with E-state index in [1.165, 1.54) is 17.5 Å². The summed E-state index contributed by atoms with van der Waals surface area (Å²) in [5.74, 6) is 0.169. The van der Waals surface area contributed by atoms with E-state index in [0.29, 0.717) is 19.0 Å². The van der Waals surface area contributed by atoms with E-state index in [1.807, 2.05) is 24.3 Å². The van der Waals surface area contributed by atoms with Crippen LogP contribution in [0.1, 0.15) is 12.5 Å². The summed E-state index contributed by atoms with van der Waals surface area (Å²) in [6.07, 6.45) is -0.743. The van der Waals surface area contributed by atoms with Crippen molar-refractivity contribution < 1.29 is 24.1 Å². The summed E-state index contributed by atoms with van der Waals surface area (Å²) >= 11 is 0. The van der Waals surface area contributed by atoms with Crippen LogP contribution in [0.15, 0.2) is 66.7 Å². The predicted molar refractivity (Wildman–Crippen MR) is 103 cm³/mol. The molecular formula is C22H22O5. The molecule has 1 atom stereocenters. The lowest BCUT2D eigenvalue weighted by molar-refractivity contribution is -0.152. The van der Waals surface area contributed by atoms with E-state index in [9.17, 15) is 9.90 Å². The number of carbonyl (C=O) groups is 1. The van der Waals surface area contributed by atoms with E-state index in [-0.39, 0.29) is 12.4 Å². The van der Waals surface area contributed by atoms with E-state index in [0.717, 1.165) is 10.9 Å². The van der Waals surface area contributed by atoms with Gasteiger partial charge in [-0.25, -0.2) is 4.79 Å². The van der Waals surface area contributed by atoms with E-state index in [2.05, 4.69) is 18.2 Å². The van der Waals surface area contributed by atoms with Crippen molar-refractivity contribution >= 4 is 16.7 Å². The standard InChI is InChI=1S/C22H22O5/c1-16(27-20-11-9-19(23)10-12-20)22(24)26-14-13-25-15-18-7-4-6-17-5-2-3-8-21(17)18/h2-12,16,23H,13-15H2,1H3. The fourth-order valence-electron chi connectivity index (χ4n) is 2.70. The summed E-state index contributed by atoms with van der Waals surface area (Å²) in [6.45, 7) is 2.54. The molecule has 0 radical (unpaired) electrons. The minimum atomic E-state index is -0.743. The third-order valence-electron chi connectivity index (χ3n) is 4.09. The van der Waals surface area contributed by atoms with E-state index < -0.39 is 12.1 Å². The van der Waals surface area contributed by atoms with Gasteiger partial charge in [-0.3, -0.25) is 0 Å². The maximum absolute atomic E-state index is 12.0. The van der Waals surface area contributed by atoms with Crippen LogP contribution in [0.3, 0.4) is 0 Å². The van der Waals surface area contributed by atoms with Crippen molar-refractivity contribution in [1.82, 2.24) is 0 Å². The third-order valence-corrected chi connectivity index (χ3v) is 4.09. The van der Waals surface area contributed by atoms with Gasteiger partial charge in [-0.15, -0.1) is 0 Å². The Morgan fingerprint density at radius 2 is 1.70 bits per heavy atom. The number of esters is 1. The van der Waals surface area contributed by atoms with Crippen molar-refractivity contribution in [2.45, 2.75) is 19.6 Å². The summed E-state index contributed by atoms with van der Waals surface area (Å²) in [6, 6.07) is 20.4. The number of fused-ring (bicyclic) bond motifs is 1. The van der Waals surface area contributed by atoms with Crippen molar-refractivity contribution in [2.24, 2.45) is 0 Å². The Morgan fingerprint density at radius 1 is 0.963 bits per heavy atom. The van der Waals surface area contributed by atoms with Crippen LogP contribution < -0.4 is 4.74 Å². The molecule has 0 bridgehead atoms. The molecule has 0 saturated carbocycles. The van der Waals surface area contributed by atoms with Crippen molar-refractivity contribution in [3.63, 3.8) is 0 Å². The number of phenolic OH excluding ortho intramolecular Hbond substituents is 1. The van der Waals surface area contributed by atoms with Gasteiger partial charge >= 0.3 is 5.97 Å². The van der Waals surface area contributed by atoms with Crippen LogP contribution in [0.2, 0.25) is 0 Å². The van der Waals surface area contributed by atoms with Crippen LogP contribution in [0.5, 0.6) is 11.5 Å². The van der Waals surface area contributed by atoms with Crippen LogP contribution in [0, 0.1) is 0 Å². The molecule has 1 unspecified atom stereocenters. The highest BCUT2D eigenvalue weighted by Crippen LogP contribution is 2.19. The number of hydrogen-bond acceptors (Lipinski definition) is 5. The van der Waals surface area contributed by atoms with E-state index in [1.54, 1.807) is 19.1 Å². The monoisotopic (exact) mass is 366 g/mol. The highest BCUT2D eigenvalue weighted by Gasteiger charge is 2.16. The second-order valence-corrected chi connectivity index (χ2v) is 6.11. The molecule has 0 amide bonds. The molecule has 0 aliphatic rings. The number of rotatable bonds is 8. The van der Waals surface area contributed by atoms with Gasteiger partial charge in [0.25, 0.3) is 0 Å². The van der Waals surface area contributed by atoms with Crippen molar-refractivity contribution in [2.75, 3.05) is 13.2 Å². The first-order valence-corrected chi connectivity index (χ1v) is 8.80. The molecule has 0 saturated heterocycles. The summed E-state index contributed by atoms with van der Waals surface area (Å²) < 4.78 is 16.3. The molecule has 3 rings (SSSR count). The van der Waals surface area contributed by atoms with Gasteiger partial charge in [0.05, 0.1) is 13.2 Å². The topological polar surface area (TPSA) is 65.0 Å². The zero-order valence-electron chi connectivity index (χ0n) is 15.1. The SMILES string of the molecule is CC(Oc1ccc(O)cc1)C(=O)OCCOCc1cccc2ccccc12. The van der Waals surface area contributed by atoms with Crippen LogP contribution in [-0.4, -0.2) is 30.4 Å². The zero-order valence-corrected chi connectivity index (χ0v) is 15.1. The highest BCUT2D eigenvalue weighted by molar-refractivity contribution is 5.85. The van der Waals surface area contributed by atoms with Gasteiger partial charge in [-0.2, -0.15) is 0 Å². The Balaban J connectivity index is 1.40. The number of carbonyl (C=O) groups excluding carboxylic acids is 1. The average molecular weight is 366 g/mol. The second-order valence-electron chi connectivity index (χ2n) is 6.11. The molecule has 0 spiro atoms. The Hall–Kier alpha value is -3.05. The maximum atomic E-state index is 12.0. The minimum Gasteiger partial charge on any atom is -0.508 e. The molecule has 3 aromatic rings. The Labute approximate surface area is 158 Å². The Morgan fingerprint density at radius 3 is 2.52 bits per heavy atom. The number of aromatic hydroxyl groups is 1. The second kappa shape index (κ2) is 9.05. The summed E-state index contributed by atoms with van der Waals surface area (Å²) in [5.41, 5.74) is 1.10. The fourth-order valence-corrected chi connectivity index (χ4v) is 2.70. The molecule has 0 fully saturated rings. The van der Waals surface area contributed by atoms with E-state index in [4.69, 9.17) is 14.2 Å². The third kappa shape index (κ3) is 5.21. The van der Waals surface area contributed by atoms with Gasteiger partial charge in [0, 0.05) is 0 Å². The molecule has 3 aromatic carbocycles. The predicted octanol–water partition coefficient (Wildman–Crippen LogP) is 4.07. The molecule has 0 heterocycles. The fraction of sp³-hybridized carbons (Fsp3) is 0.227. The first kappa shape index (κ1) is 18.7.